The van der Waals surface area contributed by atoms with Gasteiger partial charge in [0.05, 0.1) is 11.6 Å². The molecule has 0 aliphatic heterocycles. The van der Waals surface area contributed by atoms with E-state index in [2.05, 4.69) is 51.6 Å². The fourth-order valence-electron chi connectivity index (χ4n) is 2.79. The van der Waals surface area contributed by atoms with Crippen LogP contribution in [0.4, 0.5) is 5.69 Å². The number of anilines is 1. The van der Waals surface area contributed by atoms with Gasteiger partial charge in [0.25, 0.3) is 0 Å². The molecule has 0 amide bonds. The third kappa shape index (κ3) is 2.86. The average Bonchev–Trinajstić information content (AvgIpc) is 2.46. The van der Waals surface area contributed by atoms with Crippen molar-refractivity contribution in [1.82, 2.24) is 0 Å². The summed E-state index contributed by atoms with van der Waals surface area (Å²) in [5.74, 6) is 0. The molecule has 1 aliphatic rings. The number of halogens is 1. The van der Waals surface area contributed by atoms with Gasteiger partial charge in [0.2, 0.25) is 0 Å². The summed E-state index contributed by atoms with van der Waals surface area (Å²) < 4.78 is 0.940. The van der Waals surface area contributed by atoms with E-state index >= 15 is 0 Å². The normalized spacial score (nSPS) is 17.1. The molecule has 0 bridgehead atoms. The van der Waals surface area contributed by atoms with Gasteiger partial charge in [-0.1, -0.05) is 40.2 Å². The number of rotatable bonds is 2. The quantitative estimate of drug-likeness (QED) is 0.893. The zero-order chi connectivity index (χ0) is 13.9. The molecule has 1 aliphatic carbocycles. The predicted octanol–water partition coefficient (Wildman–Crippen LogP) is 4.29. The van der Waals surface area contributed by atoms with Gasteiger partial charge in [-0.05, 0) is 48.6 Å². The number of nitrogens with zero attached hydrogens (tertiary/aromatic N) is 1. The van der Waals surface area contributed by atoms with E-state index in [0.29, 0.717) is 11.6 Å². The molecule has 1 unspecified atom stereocenters. The number of aryl methyl sites for hydroxylation is 1. The second kappa shape index (κ2) is 5.68. The molecule has 3 rings (SSSR count). The molecule has 100 valence electrons. The monoisotopic (exact) mass is 326 g/mol. The third-order valence-corrected chi connectivity index (χ3v) is 4.20. The molecule has 1 N–H and O–H groups in total. The summed E-state index contributed by atoms with van der Waals surface area (Å²) in [6, 6.07) is 17.0. The van der Waals surface area contributed by atoms with Gasteiger partial charge in [0.15, 0.2) is 0 Å². The van der Waals surface area contributed by atoms with Crippen LogP contribution in [0.1, 0.15) is 23.1 Å². The fraction of sp³-hybridized carbons (Fsp3) is 0.235. The minimum Gasteiger partial charge on any atom is -0.382 e. The minimum absolute atomic E-state index is 0.436. The van der Waals surface area contributed by atoms with Crippen LogP contribution in [0.25, 0.3) is 0 Å². The number of benzene rings is 2. The van der Waals surface area contributed by atoms with Crippen molar-refractivity contribution in [3.8, 4) is 6.07 Å². The van der Waals surface area contributed by atoms with Crippen LogP contribution in [0.5, 0.6) is 0 Å². The van der Waals surface area contributed by atoms with Crippen LogP contribution in [0.15, 0.2) is 46.9 Å². The molecule has 0 fully saturated rings. The summed E-state index contributed by atoms with van der Waals surface area (Å²) >= 11 is 3.45. The zero-order valence-corrected chi connectivity index (χ0v) is 12.7. The Labute approximate surface area is 127 Å². The van der Waals surface area contributed by atoms with Gasteiger partial charge in [0, 0.05) is 16.2 Å². The second-order valence-corrected chi connectivity index (χ2v) is 6.11. The Morgan fingerprint density at radius 2 is 1.95 bits per heavy atom. The highest BCUT2D eigenvalue weighted by Crippen LogP contribution is 2.25. The lowest BCUT2D eigenvalue weighted by Gasteiger charge is -2.26. The number of nitriles is 1. The van der Waals surface area contributed by atoms with E-state index in [4.69, 9.17) is 5.26 Å². The summed E-state index contributed by atoms with van der Waals surface area (Å²) in [4.78, 5) is 0. The van der Waals surface area contributed by atoms with Crippen molar-refractivity contribution < 1.29 is 0 Å². The highest BCUT2D eigenvalue weighted by atomic mass is 79.9. The van der Waals surface area contributed by atoms with Crippen molar-refractivity contribution in [3.63, 3.8) is 0 Å². The highest BCUT2D eigenvalue weighted by Gasteiger charge is 2.18. The van der Waals surface area contributed by atoms with E-state index in [1.807, 2.05) is 18.2 Å². The van der Waals surface area contributed by atoms with E-state index in [1.165, 1.54) is 11.1 Å². The molecule has 0 radical (unpaired) electrons. The average molecular weight is 327 g/mol. The maximum Gasteiger partial charge on any atom is 0.0992 e. The van der Waals surface area contributed by atoms with Crippen LogP contribution in [0.3, 0.4) is 0 Å². The SMILES string of the molecule is N#Cc1cc(Br)cc(NC2CCc3ccccc3C2)c1. The standard InChI is InChI=1S/C17H15BrN2/c18-15-7-12(11-19)8-17(10-15)20-16-6-5-13-3-1-2-4-14(13)9-16/h1-4,7-8,10,16,20H,5-6,9H2. The van der Waals surface area contributed by atoms with Gasteiger partial charge < -0.3 is 5.32 Å². The van der Waals surface area contributed by atoms with Crippen LogP contribution in [-0.2, 0) is 12.8 Å². The van der Waals surface area contributed by atoms with E-state index < -0.39 is 0 Å². The largest absolute Gasteiger partial charge is 0.382 e. The predicted molar refractivity (Wildman–Crippen MR) is 84.7 cm³/mol. The van der Waals surface area contributed by atoms with Crippen LogP contribution >= 0.6 is 15.9 Å². The smallest absolute Gasteiger partial charge is 0.0992 e. The highest BCUT2D eigenvalue weighted by molar-refractivity contribution is 9.10. The summed E-state index contributed by atoms with van der Waals surface area (Å²) in [5, 5.41) is 12.6. The van der Waals surface area contributed by atoms with E-state index in [9.17, 15) is 0 Å². The molecule has 0 saturated heterocycles. The van der Waals surface area contributed by atoms with Crippen molar-refractivity contribution in [2.75, 3.05) is 5.32 Å². The molecule has 0 saturated carbocycles. The van der Waals surface area contributed by atoms with Gasteiger partial charge in [0.1, 0.15) is 0 Å². The minimum atomic E-state index is 0.436. The van der Waals surface area contributed by atoms with E-state index in [0.717, 1.165) is 29.4 Å². The van der Waals surface area contributed by atoms with Crippen LogP contribution < -0.4 is 5.32 Å². The maximum absolute atomic E-state index is 9.02. The van der Waals surface area contributed by atoms with Crippen molar-refractivity contribution in [2.24, 2.45) is 0 Å². The molecule has 2 aromatic rings. The van der Waals surface area contributed by atoms with Gasteiger partial charge in [-0.2, -0.15) is 5.26 Å². The van der Waals surface area contributed by atoms with Crippen LogP contribution in [0, 0.1) is 11.3 Å². The topological polar surface area (TPSA) is 35.8 Å². The number of nitrogens with one attached hydrogen (secondary N) is 1. The molecule has 1 atom stereocenters. The Kier molecular flexibility index (Phi) is 3.75. The van der Waals surface area contributed by atoms with Gasteiger partial charge >= 0.3 is 0 Å². The van der Waals surface area contributed by atoms with Crippen molar-refractivity contribution in [2.45, 2.75) is 25.3 Å². The van der Waals surface area contributed by atoms with Gasteiger partial charge in [-0.15, -0.1) is 0 Å². The first-order valence-electron chi connectivity index (χ1n) is 6.78. The summed E-state index contributed by atoms with van der Waals surface area (Å²) in [6.07, 6.45) is 3.29. The number of hydrogen-bond donors (Lipinski definition) is 1. The van der Waals surface area contributed by atoms with Crippen molar-refractivity contribution in [1.29, 1.82) is 5.26 Å². The first kappa shape index (κ1) is 13.2. The van der Waals surface area contributed by atoms with Crippen molar-refractivity contribution >= 4 is 21.6 Å². The Hall–Kier alpha value is -1.79. The lowest BCUT2D eigenvalue weighted by molar-refractivity contribution is 0.611. The summed E-state index contributed by atoms with van der Waals surface area (Å²) in [5.41, 5.74) is 4.60. The molecule has 0 spiro atoms. The Morgan fingerprint density at radius 1 is 1.15 bits per heavy atom. The zero-order valence-electron chi connectivity index (χ0n) is 11.1. The molecule has 2 nitrogen and oxygen atoms in total. The fourth-order valence-corrected chi connectivity index (χ4v) is 3.29. The third-order valence-electron chi connectivity index (χ3n) is 3.74. The lowest BCUT2D eigenvalue weighted by atomic mass is 9.88. The lowest BCUT2D eigenvalue weighted by Crippen LogP contribution is -2.27. The maximum atomic E-state index is 9.02. The molecular weight excluding hydrogens is 312 g/mol. The Balaban J connectivity index is 1.77. The molecule has 0 heterocycles. The Morgan fingerprint density at radius 3 is 2.75 bits per heavy atom. The van der Waals surface area contributed by atoms with Crippen LogP contribution in [0.2, 0.25) is 0 Å². The first-order chi connectivity index (χ1) is 9.74. The summed E-state index contributed by atoms with van der Waals surface area (Å²) in [7, 11) is 0. The summed E-state index contributed by atoms with van der Waals surface area (Å²) in [6.45, 7) is 0. The van der Waals surface area contributed by atoms with Gasteiger partial charge in [-0.25, -0.2) is 0 Å². The van der Waals surface area contributed by atoms with Crippen LogP contribution in [-0.4, -0.2) is 6.04 Å². The molecule has 2 aromatic carbocycles. The van der Waals surface area contributed by atoms with Crippen molar-refractivity contribution in [3.05, 3.63) is 63.6 Å². The second-order valence-electron chi connectivity index (χ2n) is 5.19. The first-order valence-corrected chi connectivity index (χ1v) is 7.58. The number of hydrogen-bond acceptors (Lipinski definition) is 2. The molecule has 0 aromatic heterocycles. The molecule has 20 heavy (non-hydrogen) atoms. The molecule has 3 heteroatoms. The molecular formula is C17H15BrN2. The van der Waals surface area contributed by atoms with Gasteiger partial charge in [-0.3, -0.25) is 0 Å². The van der Waals surface area contributed by atoms with E-state index in [1.54, 1.807) is 0 Å². The number of fused-ring (bicyclic) bond motifs is 1. The van der Waals surface area contributed by atoms with E-state index in [-0.39, 0.29) is 0 Å². The Bertz CT molecular complexity index is 673.